The number of nitrogen functional groups attached to an aromatic ring is 1. The molecular formula is C20H22N8O5S2. The predicted octanol–water partition coefficient (Wildman–Crippen LogP) is -1.71. The number of carbonyl (C=O) groups excluding carboxylic acids is 3. The molecule has 4 heterocycles. The SMILES string of the molecule is CCON=C(C(=O)NC1C(=O)N2C(C(=O)[O-])=C(C[n+]3cccc(NC)c3)CS[C@@H]12)c1nsc(N)n1. The van der Waals surface area contributed by atoms with Crippen molar-refractivity contribution in [3.8, 4) is 0 Å². The Morgan fingerprint density at radius 3 is 2.91 bits per heavy atom. The van der Waals surface area contributed by atoms with Crippen LogP contribution < -0.4 is 26.0 Å². The number of aromatic nitrogens is 3. The molecule has 2 aliphatic rings. The number of hydrogen-bond acceptors (Lipinski definition) is 12. The molecule has 1 fully saturated rings. The summed E-state index contributed by atoms with van der Waals surface area (Å²) in [5.74, 6) is -2.45. The van der Waals surface area contributed by atoms with E-state index in [4.69, 9.17) is 10.6 Å². The summed E-state index contributed by atoms with van der Waals surface area (Å²) >= 11 is 2.23. The molecule has 2 aliphatic heterocycles. The number of hydrogen-bond donors (Lipinski definition) is 3. The highest BCUT2D eigenvalue weighted by atomic mass is 32.2. The van der Waals surface area contributed by atoms with Crippen LogP contribution in [0.5, 0.6) is 0 Å². The number of rotatable bonds is 9. The molecule has 184 valence electrons. The summed E-state index contributed by atoms with van der Waals surface area (Å²) in [5, 5.41) is 20.9. The van der Waals surface area contributed by atoms with Gasteiger partial charge in [0.05, 0.1) is 17.4 Å². The summed E-state index contributed by atoms with van der Waals surface area (Å²) in [6, 6.07) is 2.74. The van der Waals surface area contributed by atoms with Gasteiger partial charge in [0, 0.05) is 36.0 Å². The van der Waals surface area contributed by atoms with Crippen molar-refractivity contribution in [1.29, 1.82) is 0 Å². The van der Waals surface area contributed by atoms with Gasteiger partial charge in [0.15, 0.2) is 24.1 Å². The fourth-order valence-electron chi connectivity index (χ4n) is 3.64. The van der Waals surface area contributed by atoms with Crippen LogP contribution in [0.2, 0.25) is 0 Å². The summed E-state index contributed by atoms with van der Waals surface area (Å²) in [6.45, 7) is 2.15. The lowest BCUT2D eigenvalue weighted by Gasteiger charge is -2.50. The number of nitrogens with zero attached hydrogens (tertiary/aromatic N) is 5. The Morgan fingerprint density at radius 1 is 1.46 bits per heavy atom. The first kappa shape index (κ1) is 24.4. The number of aliphatic carboxylic acids is 1. The fraction of sp³-hybridized carbons (Fsp3) is 0.350. The molecule has 4 rings (SSSR count). The minimum absolute atomic E-state index is 0.0307. The van der Waals surface area contributed by atoms with Crippen molar-refractivity contribution < 1.29 is 28.9 Å². The maximum absolute atomic E-state index is 13.0. The van der Waals surface area contributed by atoms with Crippen molar-refractivity contribution >= 4 is 57.6 Å². The smallest absolute Gasteiger partial charge is 0.278 e. The summed E-state index contributed by atoms with van der Waals surface area (Å²) < 4.78 is 5.79. The topological polar surface area (TPSA) is 179 Å². The average Bonchev–Trinajstić information content (AvgIpc) is 3.28. The predicted molar refractivity (Wildman–Crippen MR) is 126 cm³/mol. The molecule has 0 aliphatic carbocycles. The van der Waals surface area contributed by atoms with Crippen LogP contribution >= 0.6 is 23.3 Å². The largest absolute Gasteiger partial charge is 0.543 e. The van der Waals surface area contributed by atoms with Gasteiger partial charge in [-0.25, -0.2) is 0 Å². The lowest BCUT2D eigenvalue weighted by atomic mass is 10.0. The van der Waals surface area contributed by atoms with Crippen LogP contribution in [-0.2, 0) is 25.8 Å². The lowest BCUT2D eigenvalue weighted by molar-refractivity contribution is -0.688. The molecule has 15 heteroatoms. The third-order valence-electron chi connectivity index (χ3n) is 5.20. The molecule has 0 bridgehead atoms. The third-order valence-corrected chi connectivity index (χ3v) is 7.08. The number of nitrogens with two attached hydrogens (primary N) is 1. The number of fused-ring (bicyclic) bond motifs is 1. The molecule has 0 aromatic carbocycles. The van der Waals surface area contributed by atoms with Crippen LogP contribution in [0, 0.1) is 0 Å². The second-order valence-electron chi connectivity index (χ2n) is 7.43. The summed E-state index contributed by atoms with van der Waals surface area (Å²) in [5.41, 5.74) is 6.58. The number of carboxylic acid groups (broad SMARTS) is 1. The van der Waals surface area contributed by atoms with Crippen molar-refractivity contribution in [2.24, 2.45) is 5.16 Å². The van der Waals surface area contributed by atoms with E-state index < -0.39 is 29.2 Å². The number of thioether (sulfide) groups is 1. The van der Waals surface area contributed by atoms with Crippen molar-refractivity contribution in [2.75, 3.05) is 30.5 Å². The standard InChI is InChI=1S/C20H22N8O5S2/c1-3-33-25-12(15-24-20(21)35-26-15)16(29)23-13-17(30)28-14(19(31)32)10(9-34-18(13)28)7-27-6-4-5-11(8-27)22-2/h4-6,8,13,18,22H,3,7,9H2,1-2H3,(H3-,21,23,24,26,29,31,32)/t13?,18-/m0/s1. The van der Waals surface area contributed by atoms with E-state index >= 15 is 0 Å². The van der Waals surface area contributed by atoms with Crippen LogP contribution in [0.3, 0.4) is 0 Å². The first-order valence-corrected chi connectivity index (χ1v) is 12.3. The molecule has 0 saturated carbocycles. The van der Waals surface area contributed by atoms with Crippen molar-refractivity contribution in [1.82, 2.24) is 19.6 Å². The van der Waals surface area contributed by atoms with Gasteiger partial charge in [-0.05, 0) is 13.0 Å². The summed E-state index contributed by atoms with van der Waals surface area (Å²) in [7, 11) is 1.78. The Kier molecular flexibility index (Phi) is 7.16. The molecule has 13 nitrogen and oxygen atoms in total. The van der Waals surface area contributed by atoms with Crippen LogP contribution in [0.4, 0.5) is 10.8 Å². The van der Waals surface area contributed by atoms with Gasteiger partial charge >= 0.3 is 0 Å². The molecule has 1 saturated heterocycles. The zero-order chi connectivity index (χ0) is 25.1. The molecule has 2 atom stereocenters. The molecule has 35 heavy (non-hydrogen) atoms. The number of β-lactam (4-membered cyclic amide) rings is 1. The van der Waals surface area contributed by atoms with E-state index in [2.05, 4.69) is 25.1 Å². The number of carboxylic acids is 1. The van der Waals surface area contributed by atoms with Crippen LogP contribution in [-0.4, -0.2) is 68.6 Å². The van der Waals surface area contributed by atoms with Gasteiger partial charge in [-0.3, -0.25) is 14.5 Å². The molecule has 2 amide bonds. The minimum atomic E-state index is -1.45. The van der Waals surface area contributed by atoms with E-state index in [9.17, 15) is 19.5 Å². The third kappa shape index (κ3) is 4.90. The number of pyridine rings is 1. The second kappa shape index (κ2) is 10.3. The minimum Gasteiger partial charge on any atom is -0.543 e. The molecule has 2 aromatic rings. The second-order valence-corrected chi connectivity index (χ2v) is 9.32. The number of oxime groups is 1. The zero-order valence-electron chi connectivity index (χ0n) is 18.8. The Morgan fingerprint density at radius 2 is 2.26 bits per heavy atom. The Bertz CT molecular complexity index is 1230. The van der Waals surface area contributed by atoms with Gasteiger partial charge in [-0.15, -0.1) is 11.8 Å². The van der Waals surface area contributed by atoms with Crippen LogP contribution in [0.1, 0.15) is 12.7 Å². The highest BCUT2D eigenvalue weighted by Crippen LogP contribution is 2.40. The van der Waals surface area contributed by atoms with E-state index in [0.717, 1.165) is 22.1 Å². The van der Waals surface area contributed by atoms with Gasteiger partial charge in [0.2, 0.25) is 11.5 Å². The lowest BCUT2D eigenvalue weighted by Crippen LogP contribution is -2.71. The van der Waals surface area contributed by atoms with Gasteiger partial charge in [-0.2, -0.15) is 13.9 Å². The van der Waals surface area contributed by atoms with Gasteiger partial charge in [0.25, 0.3) is 11.8 Å². The Hall–Kier alpha value is -3.72. The van der Waals surface area contributed by atoms with Gasteiger partial charge < -0.3 is 31.1 Å². The van der Waals surface area contributed by atoms with E-state index in [1.54, 1.807) is 20.2 Å². The van der Waals surface area contributed by atoms with Gasteiger partial charge in [-0.1, -0.05) is 5.16 Å². The number of anilines is 2. The molecule has 4 N–H and O–H groups in total. The number of carbonyl (C=O) groups is 3. The maximum Gasteiger partial charge on any atom is 0.278 e. The molecule has 1 unspecified atom stereocenters. The molecule has 2 aromatic heterocycles. The monoisotopic (exact) mass is 518 g/mol. The molecule has 0 radical (unpaired) electrons. The Balaban J connectivity index is 1.53. The normalized spacial score (nSPS) is 19.7. The zero-order valence-corrected chi connectivity index (χ0v) is 20.4. The molecular weight excluding hydrogens is 496 g/mol. The van der Waals surface area contributed by atoms with E-state index in [1.165, 1.54) is 11.8 Å². The highest BCUT2D eigenvalue weighted by molar-refractivity contribution is 8.00. The number of nitrogens with one attached hydrogen (secondary N) is 2. The highest BCUT2D eigenvalue weighted by Gasteiger charge is 2.53. The van der Waals surface area contributed by atoms with E-state index in [-0.39, 0.29) is 35.5 Å². The first-order chi connectivity index (χ1) is 16.8. The summed E-state index contributed by atoms with van der Waals surface area (Å²) in [4.78, 5) is 48.0. The van der Waals surface area contributed by atoms with Crippen molar-refractivity contribution in [2.45, 2.75) is 24.9 Å². The van der Waals surface area contributed by atoms with Crippen LogP contribution in [0.15, 0.2) is 41.0 Å². The first-order valence-electron chi connectivity index (χ1n) is 10.5. The van der Waals surface area contributed by atoms with Crippen LogP contribution in [0.25, 0.3) is 0 Å². The van der Waals surface area contributed by atoms with E-state index in [0.29, 0.717) is 11.3 Å². The number of amides is 2. The van der Waals surface area contributed by atoms with Crippen molar-refractivity contribution in [3.05, 3.63) is 41.6 Å². The summed E-state index contributed by atoms with van der Waals surface area (Å²) in [6.07, 6.45) is 3.63. The quantitative estimate of drug-likeness (QED) is 0.150. The van der Waals surface area contributed by atoms with E-state index in [1.807, 2.05) is 22.9 Å². The fourth-order valence-corrected chi connectivity index (χ4v) is 5.41. The molecule has 0 spiro atoms. The van der Waals surface area contributed by atoms with Crippen molar-refractivity contribution in [3.63, 3.8) is 0 Å². The average molecular weight is 519 g/mol. The van der Waals surface area contributed by atoms with Gasteiger partial charge in [0.1, 0.15) is 18.0 Å². The maximum atomic E-state index is 13.0. The Labute approximate surface area is 208 Å².